The quantitative estimate of drug-likeness (QED) is 0.363. The third kappa shape index (κ3) is 11.7. The van der Waals surface area contributed by atoms with E-state index in [1.165, 1.54) is 38.5 Å². The van der Waals surface area contributed by atoms with E-state index in [9.17, 15) is 4.39 Å². The van der Waals surface area contributed by atoms with Crippen LogP contribution >= 0.6 is 0 Å². The number of halogens is 1. The minimum absolute atomic E-state index is 0.138. The van der Waals surface area contributed by atoms with Gasteiger partial charge in [0.05, 0.1) is 6.67 Å². The van der Waals surface area contributed by atoms with Crippen molar-refractivity contribution in [1.29, 1.82) is 0 Å². The van der Waals surface area contributed by atoms with Gasteiger partial charge in [-0.3, -0.25) is 4.39 Å². The van der Waals surface area contributed by atoms with Crippen molar-refractivity contribution < 1.29 is 4.39 Å². The van der Waals surface area contributed by atoms with Gasteiger partial charge in [0.2, 0.25) is 0 Å². The van der Waals surface area contributed by atoms with Gasteiger partial charge in [-0.1, -0.05) is 44.3 Å². The molecule has 0 unspecified atom stereocenters. The van der Waals surface area contributed by atoms with Gasteiger partial charge in [-0.05, 0) is 26.2 Å². The van der Waals surface area contributed by atoms with Gasteiger partial charge < -0.3 is 0 Å². The summed E-state index contributed by atoms with van der Waals surface area (Å²) in [4.78, 5) is 0. The SMILES string of the molecule is C/C=C/CCCCCCCCCF. The third-order valence-electron chi connectivity index (χ3n) is 2.24. The lowest BCUT2D eigenvalue weighted by Crippen LogP contribution is -1.81. The van der Waals surface area contributed by atoms with Crippen LogP contribution < -0.4 is 0 Å². The van der Waals surface area contributed by atoms with Crippen molar-refractivity contribution >= 4 is 0 Å². The third-order valence-corrected chi connectivity index (χ3v) is 2.24. The van der Waals surface area contributed by atoms with Crippen LogP contribution in [0.3, 0.4) is 0 Å². The molecular weight excluding hydrogens is 163 g/mol. The van der Waals surface area contributed by atoms with Crippen LogP contribution in [0.1, 0.15) is 58.3 Å². The molecule has 0 spiro atoms. The normalized spacial score (nSPS) is 11.2. The maximum Gasteiger partial charge on any atom is 0.0894 e. The summed E-state index contributed by atoms with van der Waals surface area (Å²) in [6.07, 6.45) is 13.9. The Morgan fingerprint density at radius 2 is 1.38 bits per heavy atom. The van der Waals surface area contributed by atoms with Crippen molar-refractivity contribution in [3.63, 3.8) is 0 Å². The fourth-order valence-corrected chi connectivity index (χ4v) is 1.41. The number of allylic oxidation sites excluding steroid dienone is 2. The van der Waals surface area contributed by atoms with Crippen LogP contribution in [0.25, 0.3) is 0 Å². The van der Waals surface area contributed by atoms with Crippen LogP contribution in [0.4, 0.5) is 4.39 Å². The first kappa shape index (κ1) is 12.7. The smallest absolute Gasteiger partial charge is 0.0894 e. The first-order chi connectivity index (χ1) is 6.41. The predicted molar refractivity (Wildman–Crippen MR) is 57.7 cm³/mol. The van der Waals surface area contributed by atoms with Crippen molar-refractivity contribution in [3.05, 3.63) is 12.2 Å². The first-order valence-corrected chi connectivity index (χ1v) is 5.59. The second-order valence-electron chi connectivity index (χ2n) is 3.52. The summed E-state index contributed by atoms with van der Waals surface area (Å²) in [7, 11) is 0. The molecule has 0 aliphatic rings. The van der Waals surface area contributed by atoms with E-state index < -0.39 is 0 Å². The van der Waals surface area contributed by atoms with E-state index in [1.807, 2.05) is 0 Å². The second kappa shape index (κ2) is 11.7. The molecule has 78 valence electrons. The Balaban J connectivity index is 2.83. The van der Waals surface area contributed by atoms with E-state index in [4.69, 9.17) is 0 Å². The highest BCUT2D eigenvalue weighted by molar-refractivity contribution is 4.76. The Morgan fingerprint density at radius 3 is 1.92 bits per heavy atom. The highest BCUT2D eigenvalue weighted by Gasteiger charge is 1.90. The number of hydrogen-bond acceptors (Lipinski definition) is 0. The van der Waals surface area contributed by atoms with E-state index in [0.29, 0.717) is 0 Å². The minimum atomic E-state index is -0.138. The average Bonchev–Trinajstić information content (AvgIpc) is 2.16. The van der Waals surface area contributed by atoms with Gasteiger partial charge in [-0.25, -0.2) is 0 Å². The molecule has 0 nitrogen and oxygen atoms in total. The molecule has 0 aliphatic carbocycles. The maximum absolute atomic E-state index is 11.7. The van der Waals surface area contributed by atoms with Gasteiger partial charge in [-0.2, -0.15) is 0 Å². The van der Waals surface area contributed by atoms with Gasteiger partial charge in [-0.15, -0.1) is 0 Å². The van der Waals surface area contributed by atoms with E-state index in [0.717, 1.165) is 12.8 Å². The highest BCUT2D eigenvalue weighted by atomic mass is 19.1. The van der Waals surface area contributed by atoms with Crippen molar-refractivity contribution in [2.75, 3.05) is 6.67 Å². The summed E-state index contributed by atoms with van der Waals surface area (Å²) in [5.41, 5.74) is 0. The van der Waals surface area contributed by atoms with E-state index in [-0.39, 0.29) is 6.67 Å². The fourth-order valence-electron chi connectivity index (χ4n) is 1.41. The molecule has 0 aromatic rings. The minimum Gasteiger partial charge on any atom is -0.251 e. The molecule has 0 saturated heterocycles. The van der Waals surface area contributed by atoms with Gasteiger partial charge in [0.1, 0.15) is 0 Å². The highest BCUT2D eigenvalue weighted by Crippen LogP contribution is 2.08. The second-order valence-corrected chi connectivity index (χ2v) is 3.52. The van der Waals surface area contributed by atoms with Crippen molar-refractivity contribution in [3.8, 4) is 0 Å². The van der Waals surface area contributed by atoms with Crippen LogP contribution in [0.2, 0.25) is 0 Å². The number of hydrogen-bond donors (Lipinski definition) is 0. The standard InChI is InChI=1S/C12H23F/c1-2-3-4-5-6-7-8-9-10-11-12-13/h2-3H,4-12H2,1H3/b3-2+. The fraction of sp³-hybridized carbons (Fsp3) is 0.833. The molecule has 0 aromatic carbocycles. The average molecular weight is 186 g/mol. The summed E-state index contributed by atoms with van der Waals surface area (Å²) < 4.78 is 11.7. The largest absolute Gasteiger partial charge is 0.251 e. The predicted octanol–water partition coefficient (Wildman–Crippen LogP) is 4.65. The molecule has 0 fully saturated rings. The zero-order valence-electron chi connectivity index (χ0n) is 8.90. The Hall–Kier alpha value is -0.330. The zero-order chi connectivity index (χ0) is 9.78. The van der Waals surface area contributed by atoms with E-state index >= 15 is 0 Å². The van der Waals surface area contributed by atoms with Crippen molar-refractivity contribution in [2.24, 2.45) is 0 Å². The topological polar surface area (TPSA) is 0 Å². The lowest BCUT2D eigenvalue weighted by atomic mass is 10.1. The van der Waals surface area contributed by atoms with Crippen LogP contribution in [0.5, 0.6) is 0 Å². The molecule has 0 saturated carbocycles. The van der Waals surface area contributed by atoms with Crippen LogP contribution in [0.15, 0.2) is 12.2 Å². The molecule has 0 rings (SSSR count). The Kier molecular flexibility index (Phi) is 11.4. The summed E-state index contributed by atoms with van der Waals surface area (Å²) in [5, 5.41) is 0. The molecule has 13 heavy (non-hydrogen) atoms. The molecule has 0 N–H and O–H groups in total. The molecule has 1 heteroatoms. The van der Waals surface area contributed by atoms with Gasteiger partial charge >= 0.3 is 0 Å². The monoisotopic (exact) mass is 186 g/mol. The van der Waals surface area contributed by atoms with Crippen LogP contribution in [0, 0.1) is 0 Å². The van der Waals surface area contributed by atoms with Gasteiger partial charge in [0.25, 0.3) is 0 Å². The van der Waals surface area contributed by atoms with Crippen molar-refractivity contribution in [2.45, 2.75) is 58.3 Å². The zero-order valence-corrected chi connectivity index (χ0v) is 8.90. The van der Waals surface area contributed by atoms with Gasteiger partial charge in [0.15, 0.2) is 0 Å². The summed E-state index contributed by atoms with van der Waals surface area (Å²) >= 11 is 0. The molecule has 0 aromatic heterocycles. The van der Waals surface area contributed by atoms with Crippen LogP contribution in [-0.4, -0.2) is 6.67 Å². The Labute approximate surface area is 82.2 Å². The van der Waals surface area contributed by atoms with Crippen molar-refractivity contribution in [1.82, 2.24) is 0 Å². The Bertz CT molecular complexity index is 108. The first-order valence-electron chi connectivity index (χ1n) is 5.59. The number of rotatable bonds is 9. The molecular formula is C12H23F. The maximum atomic E-state index is 11.7. The molecule has 0 atom stereocenters. The lowest BCUT2D eigenvalue weighted by Gasteiger charge is -1.98. The number of alkyl halides is 1. The van der Waals surface area contributed by atoms with E-state index in [1.54, 1.807) is 0 Å². The molecule has 0 amide bonds. The van der Waals surface area contributed by atoms with Gasteiger partial charge in [0, 0.05) is 0 Å². The molecule has 0 bridgehead atoms. The molecule has 0 heterocycles. The number of unbranched alkanes of at least 4 members (excludes halogenated alkanes) is 7. The van der Waals surface area contributed by atoms with E-state index in [2.05, 4.69) is 19.1 Å². The Morgan fingerprint density at radius 1 is 0.846 bits per heavy atom. The summed E-state index contributed by atoms with van der Waals surface area (Å²) in [6.45, 7) is 1.93. The summed E-state index contributed by atoms with van der Waals surface area (Å²) in [5.74, 6) is 0. The molecule has 0 aliphatic heterocycles. The molecule has 0 radical (unpaired) electrons. The summed E-state index contributed by atoms with van der Waals surface area (Å²) in [6, 6.07) is 0. The lowest BCUT2D eigenvalue weighted by molar-refractivity contribution is 0.449. The van der Waals surface area contributed by atoms with Crippen LogP contribution in [-0.2, 0) is 0 Å².